The summed E-state index contributed by atoms with van der Waals surface area (Å²) in [6.07, 6.45) is -0.0417. The molecule has 2 unspecified atom stereocenters. The molecule has 0 aromatic heterocycles. The number of likely N-dealkylation sites (N-methyl/N-ethyl adjacent to an activating group) is 1. The maximum atomic E-state index is 13.2. The van der Waals surface area contributed by atoms with Crippen molar-refractivity contribution in [2.24, 2.45) is 0 Å². The third-order valence-electron chi connectivity index (χ3n) is 6.01. The molecular weight excluding hydrogens is 411 g/mol. The van der Waals surface area contributed by atoms with Gasteiger partial charge in [-0.15, -0.1) is 0 Å². The number of nitrogens with zero attached hydrogens (tertiary/aromatic N) is 2. The first-order chi connectivity index (χ1) is 15.4. The highest BCUT2D eigenvalue weighted by atomic mass is 19.1. The summed E-state index contributed by atoms with van der Waals surface area (Å²) in [7, 11) is 1.70. The van der Waals surface area contributed by atoms with E-state index in [1.165, 1.54) is 24.3 Å². The fourth-order valence-electron chi connectivity index (χ4n) is 4.33. The van der Waals surface area contributed by atoms with Crippen LogP contribution in [0.1, 0.15) is 36.1 Å². The zero-order valence-corrected chi connectivity index (χ0v) is 17.6. The number of aromatic hydroxyl groups is 2. The number of phenolic OH excluding ortho intramolecular Hbond substituents is 2. The van der Waals surface area contributed by atoms with Crippen LogP contribution in [-0.2, 0) is 0 Å². The summed E-state index contributed by atoms with van der Waals surface area (Å²) in [6, 6.07) is 18.1. The minimum Gasteiger partial charge on any atom is -0.508 e. The lowest BCUT2D eigenvalue weighted by Gasteiger charge is -2.29. The molecule has 3 aromatic carbocycles. The number of carbonyl (C=O) groups excluding carboxylic acids is 1. The van der Waals surface area contributed by atoms with E-state index in [4.69, 9.17) is 0 Å². The van der Waals surface area contributed by atoms with Gasteiger partial charge < -0.3 is 20.2 Å². The van der Waals surface area contributed by atoms with E-state index in [-0.39, 0.29) is 29.4 Å². The Kier molecular flexibility index (Phi) is 6.01. The number of aliphatic hydroxyl groups excluding tert-OH is 1. The van der Waals surface area contributed by atoms with Crippen molar-refractivity contribution in [1.29, 1.82) is 0 Å². The first-order valence-corrected chi connectivity index (χ1v) is 10.4. The fraction of sp³-hybridized carbons (Fsp3) is 0.240. The van der Waals surface area contributed by atoms with Crippen LogP contribution in [0.5, 0.6) is 11.5 Å². The van der Waals surface area contributed by atoms with Gasteiger partial charge in [0.1, 0.15) is 17.3 Å². The maximum Gasteiger partial charge on any atom is 0.325 e. The first-order valence-electron chi connectivity index (χ1n) is 10.4. The predicted octanol–water partition coefficient (Wildman–Crippen LogP) is 4.73. The first kappa shape index (κ1) is 21.6. The van der Waals surface area contributed by atoms with Crippen LogP contribution < -0.4 is 4.90 Å². The quantitative estimate of drug-likeness (QED) is 0.522. The van der Waals surface area contributed by atoms with Crippen LogP contribution >= 0.6 is 0 Å². The van der Waals surface area contributed by atoms with E-state index in [1.54, 1.807) is 35.0 Å². The Bertz CT molecular complexity index is 1090. The molecule has 0 radical (unpaired) electrons. The van der Waals surface area contributed by atoms with E-state index in [0.717, 1.165) is 0 Å². The highest BCUT2D eigenvalue weighted by Gasteiger charge is 2.46. The number of amides is 2. The van der Waals surface area contributed by atoms with E-state index in [2.05, 4.69) is 0 Å². The average Bonchev–Trinajstić information content (AvgIpc) is 3.03. The standard InChI is InChI=1S/C25H25FN2O4/c1-27-21(13-14-22(30)16-7-9-17(26)10-8-16)24(20-12-11-19(29)15-23(20)31)28(25(27)32)18-5-3-2-4-6-18/h2-12,15,21-22,24,29-31H,13-14H2,1H3/t21?,22?,24-/m1/s1. The van der Waals surface area contributed by atoms with E-state index in [9.17, 15) is 24.5 Å². The van der Waals surface area contributed by atoms with Gasteiger partial charge in [-0.3, -0.25) is 4.90 Å². The normalized spacial score (nSPS) is 19.4. The highest BCUT2D eigenvalue weighted by molar-refractivity contribution is 5.95. The number of urea groups is 1. The van der Waals surface area contributed by atoms with Gasteiger partial charge in [0, 0.05) is 24.4 Å². The molecule has 0 bridgehead atoms. The zero-order chi connectivity index (χ0) is 22.8. The fourth-order valence-corrected chi connectivity index (χ4v) is 4.33. The van der Waals surface area contributed by atoms with Crippen molar-refractivity contribution in [2.45, 2.75) is 31.0 Å². The molecule has 4 rings (SSSR count). The van der Waals surface area contributed by atoms with E-state index in [1.807, 2.05) is 30.3 Å². The topological polar surface area (TPSA) is 84.2 Å². The molecule has 6 nitrogen and oxygen atoms in total. The van der Waals surface area contributed by atoms with Crippen LogP contribution in [-0.4, -0.2) is 39.3 Å². The smallest absolute Gasteiger partial charge is 0.325 e. The van der Waals surface area contributed by atoms with Crippen LogP contribution in [0.4, 0.5) is 14.9 Å². The zero-order valence-electron chi connectivity index (χ0n) is 17.6. The Labute approximate surface area is 185 Å². The average molecular weight is 436 g/mol. The Morgan fingerprint density at radius 2 is 1.69 bits per heavy atom. The van der Waals surface area contributed by atoms with Crippen LogP contribution in [0, 0.1) is 5.82 Å². The summed E-state index contributed by atoms with van der Waals surface area (Å²) in [5, 5.41) is 31.0. The molecule has 1 saturated heterocycles. The number of hydrogen-bond donors (Lipinski definition) is 3. The number of carbonyl (C=O) groups is 1. The van der Waals surface area contributed by atoms with Gasteiger partial charge >= 0.3 is 6.03 Å². The molecule has 2 amide bonds. The molecule has 1 heterocycles. The molecule has 3 atom stereocenters. The maximum absolute atomic E-state index is 13.2. The van der Waals surface area contributed by atoms with Crippen LogP contribution in [0.2, 0.25) is 0 Å². The molecular formula is C25H25FN2O4. The highest BCUT2D eigenvalue weighted by Crippen LogP contribution is 2.44. The van der Waals surface area contributed by atoms with E-state index < -0.39 is 12.1 Å². The lowest BCUT2D eigenvalue weighted by molar-refractivity contribution is 0.148. The molecule has 7 heteroatoms. The Hall–Kier alpha value is -3.58. The SMILES string of the molecule is CN1C(=O)N(c2ccccc2)[C@H](c2ccc(O)cc2O)C1CCC(O)c1ccc(F)cc1. The molecule has 166 valence electrons. The van der Waals surface area contributed by atoms with Gasteiger partial charge in [-0.05, 0) is 54.8 Å². The minimum absolute atomic E-state index is 0.0709. The number of anilines is 1. The number of hydrogen-bond acceptors (Lipinski definition) is 4. The third kappa shape index (κ3) is 4.11. The van der Waals surface area contributed by atoms with E-state index >= 15 is 0 Å². The van der Waals surface area contributed by atoms with Crippen molar-refractivity contribution in [3.8, 4) is 11.5 Å². The monoisotopic (exact) mass is 436 g/mol. The van der Waals surface area contributed by atoms with Crippen molar-refractivity contribution in [3.05, 3.63) is 89.7 Å². The second-order valence-corrected chi connectivity index (χ2v) is 8.00. The number of aliphatic hydroxyl groups is 1. The Morgan fingerprint density at radius 3 is 2.34 bits per heavy atom. The largest absolute Gasteiger partial charge is 0.508 e. The molecule has 3 N–H and O–H groups in total. The number of phenols is 2. The van der Waals surface area contributed by atoms with Crippen molar-refractivity contribution in [3.63, 3.8) is 0 Å². The summed E-state index contributed by atoms with van der Waals surface area (Å²) in [4.78, 5) is 16.5. The second-order valence-electron chi connectivity index (χ2n) is 8.00. The summed E-state index contributed by atoms with van der Waals surface area (Å²) in [5.74, 6) is -0.551. The van der Waals surface area contributed by atoms with Crippen LogP contribution in [0.15, 0.2) is 72.8 Å². The van der Waals surface area contributed by atoms with Gasteiger partial charge in [0.25, 0.3) is 0 Å². The molecule has 1 aliphatic rings. The van der Waals surface area contributed by atoms with E-state index in [0.29, 0.717) is 29.7 Å². The van der Waals surface area contributed by atoms with Gasteiger partial charge in [-0.1, -0.05) is 30.3 Å². The summed E-state index contributed by atoms with van der Waals surface area (Å²) in [5.41, 5.74) is 1.79. The molecule has 1 aliphatic heterocycles. The second kappa shape index (κ2) is 8.88. The third-order valence-corrected chi connectivity index (χ3v) is 6.01. The van der Waals surface area contributed by atoms with Crippen molar-refractivity contribution in [2.75, 3.05) is 11.9 Å². The molecule has 0 aliphatic carbocycles. The number of rotatable bonds is 6. The lowest BCUT2D eigenvalue weighted by Crippen LogP contribution is -2.31. The summed E-state index contributed by atoms with van der Waals surface area (Å²) in [6.45, 7) is 0. The summed E-state index contributed by atoms with van der Waals surface area (Å²) < 4.78 is 13.2. The van der Waals surface area contributed by atoms with Gasteiger partial charge in [-0.2, -0.15) is 0 Å². The molecule has 0 spiro atoms. The van der Waals surface area contributed by atoms with Crippen molar-refractivity contribution >= 4 is 11.7 Å². The number of benzene rings is 3. The number of halogens is 1. The Morgan fingerprint density at radius 1 is 1.00 bits per heavy atom. The van der Waals surface area contributed by atoms with Gasteiger partial charge in [-0.25, -0.2) is 9.18 Å². The van der Waals surface area contributed by atoms with Crippen LogP contribution in [0.3, 0.4) is 0 Å². The molecule has 1 fully saturated rings. The van der Waals surface area contributed by atoms with Gasteiger partial charge in [0.15, 0.2) is 0 Å². The van der Waals surface area contributed by atoms with Crippen LogP contribution in [0.25, 0.3) is 0 Å². The van der Waals surface area contributed by atoms with Crippen molar-refractivity contribution in [1.82, 2.24) is 4.90 Å². The molecule has 32 heavy (non-hydrogen) atoms. The lowest BCUT2D eigenvalue weighted by atomic mass is 9.92. The van der Waals surface area contributed by atoms with Gasteiger partial charge in [0.2, 0.25) is 0 Å². The Balaban J connectivity index is 1.67. The molecule has 0 saturated carbocycles. The minimum atomic E-state index is -0.820. The molecule has 3 aromatic rings. The predicted molar refractivity (Wildman–Crippen MR) is 119 cm³/mol. The van der Waals surface area contributed by atoms with Gasteiger partial charge in [0.05, 0.1) is 18.2 Å². The number of para-hydroxylation sites is 1. The summed E-state index contributed by atoms with van der Waals surface area (Å²) >= 11 is 0. The van der Waals surface area contributed by atoms with Crippen molar-refractivity contribution < 1.29 is 24.5 Å².